The van der Waals surface area contributed by atoms with Crippen LogP contribution in [0.15, 0.2) is 12.2 Å². The smallest absolute Gasteiger partial charge is 0.367 e. The fourth-order valence-corrected chi connectivity index (χ4v) is 2.12. The van der Waals surface area contributed by atoms with Gasteiger partial charge in [0, 0.05) is 5.75 Å². The maximum Gasteiger partial charge on any atom is 0.367 e. The number of hydrogen-bond acceptors (Lipinski definition) is 3. The summed E-state index contributed by atoms with van der Waals surface area (Å²) in [6.07, 6.45) is 8.66. The lowest BCUT2D eigenvalue weighted by Crippen LogP contribution is -2.15. The maximum absolute atomic E-state index is 11.3. The topological polar surface area (TPSA) is 26.3 Å². The molecule has 0 bridgehead atoms. The number of allylic oxidation sites excluding steroid dienone is 1. The van der Waals surface area contributed by atoms with Gasteiger partial charge in [-0.3, -0.25) is 0 Å². The van der Waals surface area contributed by atoms with Crippen molar-refractivity contribution in [3.05, 3.63) is 12.2 Å². The molecule has 0 fully saturated rings. The first-order valence-electron chi connectivity index (χ1n) is 5.72. The predicted molar refractivity (Wildman–Crippen MR) is 65.2 cm³/mol. The van der Waals surface area contributed by atoms with Crippen LogP contribution in [-0.4, -0.2) is 17.2 Å². The minimum absolute atomic E-state index is 0.000648. The van der Waals surface area contributed by atoms with E-state index in [1.54, 1.807) is 0 Å². The summed E-state index contributed by atoms with van der Waals surface area (Å²) in [6.45, 7) is 4.22. The molecule has 0 radical (unpaired) electrons. The van der Waals surface area contributed by atoms with Gasteiger partial charge in [0.1, 0.15) is 6.10 Å². The molecule has 1 aliphatic rings. The van der Waals surface area contributed by atoms with E-state index in [0.717, 1.165) is 30.9 Å². The van der Waals surface area contributed by atoms with Gasteiger partial charge < -0.3 is 4.74 Å². The van der Waals surface area contributed by atoms with Crippen LogP contribution in [-0.2, 0) is 4.74 Å². The van der Waals surface area contributed by atoms with Gasteiger partial charge in [-0.1, -0.05) is 19.9 Å². The molecule has 0 aromatic rings. The molecular weight excluding hydrogens is 208 g/mol. The van der Waals surface area contributed by atoms with Gasteiger partial charge in [-0.2, -0.15) is 0 Å². The molecule has 0 aromatic heterocycles. The summed E-state index contributed by atoms with van der Waals surface area (Å²) in [5.41, 5.74) is 0. The molecule has 2 nitrogen and oxygen atoms in total. The Morgan fingerprint density at radius 2 is 2.27 bits per heavy atom. The minimum Gasteiger partial charge on any atom is -0.450 e. The van der Waals surface area contributed by atoms with Gasteiger partial charge >= 0.3 is 5.30 Å². The monoisotopic (exact) mass is 228 g/mol. The fourth-order valence-electron chi connectivity index (χ4n) is 1.69. The molecule has 2 unspecified atom stereocenters. The van der Waals surface area contributed by atoms with E-state index in [1.807, 2.05) is 13.0 Å². The van der Waals surface area contributed by atoms with Crippen molar-refractivity contribution in [2.45, 2.75) is 45.6 Å². The summed E-state index contributed by atoms with van der Waals surface area (Å²) >= 11 is 1.24. The Morgan fingerprint density at radius 1 is 1.47 bits per heavy atom. The molecule has 0 saturated heterocycles. The minimum atomic E-state index is -0.139. The zero-order chi connectivity index (χ0) is 11.1. The molecule has 0 aromatic carbocycles. The molecular formula is C12H20O2S. The lowest BCUT2D eigenvalue weighted by Gasteiger charge is -2.19. The average molecular weight is 228 g/mol. The van der Waals surface area contributed by atoms with E-state index in [1.165, 1.54) is 18.2 Å². The molecule has 1 rings (SSSR count). The highest BCUT2D eigenvalue weighted by molar-refractivity contribution is 8.13. The van der Waals surface area contributed by atoms with Crippen LogP contribution in [0, 0.1) is 5.92 Å². The molecule has 0 N–H and O–H groups in total. The Labute approximate surface area is 96.5 Å². The highest BCUT2D eigenvalue weighted by Crippen LogP contribution is 2.21. The molecule has 0 spiro atoms. The van der Waals surface area contributed by atoms with E-state index in [4.69, 9.17) is 4.74 Å². The molecule has 0 aliphatic heterocycles. The van der Waals surface area contributed by atoms with Crippen molar-refractivity contribution in [1.82, 2.24) is 0 Å². The van der Waals surface area contributed by atoms with Gasteiger partial charge in [0.25, 0.3) is 0 Å². The molecule has 3 heteroatoms. The third-order valence-corrected chi connectivity index (χ3v) is 3.25. The van der Waals surface area contributed by atoms with E-state index < -0.39 is 0 Å². The standard InChI is InChI=1S/C12H20O2S/c1-3-15-12(13)14-11-7-5-4-6-10(2)8-9-11/h5,7,10-11H,3-4,6,8-9H2,1-2H3/b7-5+. The highest BCUT2D eigenvalue weighted by Gasteiger charge is 2.14. The van der Waals surface area contributed by atoms with E-state index in [2.05, 4.69) is 13.0 Å². The van der Waals surface area contributed by atoms with Crippen molar-refractivity contribution in [3.63, 3.8) is 0 Å². The highest BCUT2D eigenvalue weighted by atomic mass is 32.2. The average Bonchev–Trinajstić information content (AvgIpc) is 2.17. The quantitative estimate of drug-likeness (QED) is 0.527. The molecule has 86 valence electrons. The van der Waals surface area contributed by atoms with Gasteiger partial charge in [0.15, 0.2) is 0 Å². The van der Waals surface area contributed by atoms with E-state index in [9.17, 15) is 4.79 Å². The summed E-state index contributed by atoms with van der Waals surface area (Å²) < 4.78 is 5.35. The van der Waals surface area contributed by atoms with Gasteiger partial charge in [0.05, 0.1) is 0 Å². The number of rotatable bonds is 2. The second kappa shape index (κ2) is 6.94. The largest absolute Gasteiger partial charge is 0.450 e. The van der Waals surface area contributed by atoms with Crippen molar-refractivity contribution >= 4 is 17.1 Å². The third-order valence-electron chi connectivity index (χ3n) is 2.63. The zero-order valence-corrected chi connectivity index (χ0v) is 10.4. The number of thioether (sulfide) groups is 1. The summed E-state index contributed by atoms with van der Waals surface area (Å²) in [7, 11) is 0. The normalized spacial score (nSPS) is 28.9. The van der Waals surface area contributed by atoms with E-state index in [-0.39, 0.29) is 11.4 Å². The first kappa shape index (κ1) is 12.6. The first-order chi connectivity index (χ1) is 7.22. The summed E-state index contributed by atoms with van der Waals surface area (Å²) in [5, 5.41) is -0.139. The van der Waals surface area contributed by atoms with Crippen LogP contribution >= 0.6 is 11.8 Å². The van der Waals surface area contributed by atoms with E-state index >= 15 is 0 Å². The van der Waals surface area contributed by atoms with Crippen molar-refractivity contribution in [2.75, 3.05) is 5.75 Å². The summed E-state index contributed by atoms with van der Waals surface area (Å²) in [4.78, 5) is 11.3. The van der Waals surface area contributed by atoms with Gasteiger partial charge in [0.2, 0.25) is 0 Å². The molecule has 0 amide bonds. The number of ether oxygens (including phenoxy) is 1. The third kappa shape index (κ3) is 5.26. The Hall–Kier alpha value is -0.440. The second-order valence-electron chi connectivity index (χ2n) is 4.03. The molecule has 0 saturated carbocycles. The van der Waals surface area contributed by atoms with Crippen molar-refractivity contribution in [3.8, 4) is 0 Å². The molecule has 0 heterocycles. The Kier molecular flexibility index (Phi) is 5.84. The van der Waals surface area contributed by atoms with E-state index in [0.29, 0.717) is 0 Å². The zero-order valence-electron chi connectivity index (χ0n) is 9.57. The lowest BCUT2D eigenvalue weighted by molar-refractivity contribution is 0.136. The van der Waals surface area contributed by atoms with Crippen LogP contribution in [0.1, 0.15) is 39.5 Å². The van der Waals surface area contributed by atoms with Crippen molar-refractivity contribution < 1.29 is 9.53 Å². The van der Waals surface area contributed by atoms with Gasteiger partial charge in [-0.25, -0.2) is 4.79 Å². The Balaban J connectivity index is 2.38. The predicted octanol–water partition coefficient (Wildman–Crippen LogP) is 4.01. The number of carbonyl (C=O) groups is 1. The van der Waals surface area contributed by atoms with Crippen LogP contribution < -0.4 is 0 Å². The number of carbonyl (C=O) groups excluding carboxylic acids is 1. The van der Waals surface area contributed by atoms with Crippen LogP contribution in [0.5, 0.6) is 0 Å². The number of hydrogen-bond donors (Lipinski definition) is 0. The molecule has 1 aliphatic carbocycles. The fraction of sp³-hybridized carbons (Fsp3) is 0.750. The van der Waals surface area contributed by atoms with Crippen LogP contribution in [0.3, 0.4) is 0 Å². The Bertz CT molecular complexity index is 226. The van der Waals surface area contributed by atoms with Crippen molar-refractivity contribution in [1.29, 1.82) is 0 Å². The second-order valence-corrected chi connectivity index (χ2v) is 5.23. The first-order valence-corrected chi connectivity index (χ1v) is 6.71. The molecule has 2 atom stereocenters. The van der Waals surface area contributed by atoms with Crippen LogP contribution in [0.2, 0.25) is 0 Å². The summed E-state index contributed by atoms with van der Waals surface area (Å²) in [6, 6.07) is 0. The molecule has 15 heavy (non-hydrogen) atoms. The SMILES string of the molecule is CCSC(=O)OC1/C=C/CCC(C)CC1. The summed E-state index contributed by atoms with van der Waals surface area (Å²) in [5.74, 6) is 1.53. The Morgan fingerprint density at radius 3 is 3.00 bits per heavy atom. The van der Waals surface area contributed by atoms with Gasteiger partial charge in [-0.15, -0.1) is 0 Å². The van der Waals surface area contributed by atoms with Crippen molar-refractivity contribution in [2.24, 2.45) is 5.92 Å². The van der Waals surface area contributed by atoms with Crippen LogP contribution in [0.4, 0.5) is 4.79 Å². The van der Waals surface area contributed by atoms with Crippen LogP contribution in [0.25, 0.3) is 0 Å². The lowest BCUT2D eigenvalue weighted by atomic mass is 9.95. The van der Waals surface area contributed by atoms with Gasteiger partial charge in [-0.05, 0) is 49.4 Å². The maximum atomic E-state index is 11.3.